The van der Waals surface area contributed by atoms with Crippen LogP contribution in [0.4, 0.5) is 10.5 Å². The minimum atomic E-state index is -1.15. The predicted octanol–water partition coefficient (Wildman–Crippen LogP) is 5.78. The van der Waals surface area contributed by atoms with Crippen LogP contribution < -0.4 is 10.1 Å². The normalized spacial score (nSPS) is 11.7. The molecule has 0 saturated carbocycles. The van der Waals surface area contributed by atoms with Crippen LogP contribution in [-0.4, -0.2) is 48.2 Å². The van der Waals surface area contributed by atoms with Gasteiger partial charge < -0.3 is 19.5 Å². The SMILES string of the molecule is COc1ccc(C(=O)N(CC(=O)O)Cc2ccccc2)c(NC(=O)OCC2c3ccccc3-c3ccccc32)c1. The molecule has 1 aliphatic carbocycles. The Balaban J connectivity index is 1.35. The van der Waals surface area contributed by atoms with Crippen molar-refractivity contribution in [2.75, 3.05) is 25.6 Å². The molecule has 2 amide bonds. The predicted molar refractivity (Wildman–Crippen MR) is 151 cm³/mol. The van der Waals surface area contributed by atoms with Crippen molar-refractivity contribution in [1.82, 2.24) is 4.90 Å². The van der Waals surface area contributed by atoms with Crippen LogP contribution in [-0.2, 0) is 16.1 Å². The summed E-state index contributed by atoms with van der Waals surface area (Å²) < 4.78 is 11.0. The number of carboxylic acids is 1. The van der Waals surface area contributed by atoms with Gasteiger partial charge >= 0.3 is 12.1 Å². The molecular formula is C32H28N2O6. The highest BCUT2D eigenvalue weighted by Crippen LogP contribution is 2.44. The first kappa shape index (κ1) is 26.5. The van der Waals surface area contributed by atoms with Gasteiger partial charge in [0, 0.05) is 18.5 Å². The van der Waals surface area contributed by atoms with E-state index in [1.165, 1.54) is 24.1 Å². The number of aliphatic carboxylic acids is 1. The van der Waals surface area contributed by atoms with E-state index < -0.39 is 24.5 Å². The number of anilines is 1. The van der Waals surface area contributed by atoms with E-state index in [9.17, 15) is 19.5 Å². The molecule has 40 heavy (non-hydrogen) atoms. The van der Waals surface area contributed by atoms with E-state index in [2.05, 4.69) is 17.4 Å². The zero-order valence-electron chi connectivity index (χ0n) is 21.9. The largest absolute Gasteiger partial charge is 0.497 e. The van der Waals surface area contributed by atoms with Crippen molar-refractivity contribution in [2.45, 2.75) is 12.5 Å². The molecule has 1 aliphatic rings. The number of hydrogen-bond acceptors (Lipinski definition) is 5. The number of methoxy groups -OCH3 is 1. The van der Waals surface area contributed by atoms with Gasteiger partial charge in [-0.1, -0.05) is 78.9 Å². The summed E-state index contributed by atoms with van der Waals surface area (Å²) in [6.07, 6.45) is -0.739. The monoisotopic (exact) mass is 536 g/mol. The lowest BCUT2D eigenvalue weighted by Crippen LogP contribution is -2.35. The van der Waals surface area contributed by atoms with Crippen molar-refractivity contribution in [3.63, 3.8) is 0 Å². The minimum absolute atomic E-state index is 0.0857. The van der Waals surface area contributed by atoms with E-state index in [1.807, 2.05) is 66.7 Å². The number of rotatable bonds is 9. The van der Waals surface area contributed by atoms with E-state index in [-0.39, 0.29) is 30.3 Å². The van der Waals surface area contributed by atoms with Crippen LogP contribution in [0.1, 0.15) is 33.0 Å². The maximum absolute atomic E-state index is 13.6. The lowest BCUT2D eigenvalue weighted by molar-refractivity contribution is -0.137. The Morgan fingerprint density at radius 3 is 2.10 bits per heavy atom. The van der Waals surface area contributed by atoms with Crippen LogP contribution in [0.25, 0.3) is 11.1 Å². The molecule has 0 fully saturated rings. The quantitative estimate of drug-likeness (QED) is 0.281. The van der Waals surface area contributed by atoms with Gasteiger partial charge in [-0.25, -0.2) is 4.79 Å². The summed E-state index contributed by atoms with van der Waals surface area (Å²) in [5.74, 6) is -1.41. The summed E-state index contributed by atoms with van der Waals surface area (Å²) in [5, 5.41) is 12.1. The smallest absolute Gasteiger partial charge is 0.411 e. The Bertz CT molecular complexity index is 1510. The second-order valence-corrected chi connectivity index (χ2v) is 9.40. The second-order valence-electron chi connectivity index (χ2n) is 9.40. The van der Waals surface area contributed by atoms with Gasteiger partial charge in [-0.05, 0) is 39.9 Å². The molecule has 2 N–H and O–H groups in total. The van der Waals surface area contributed by atoms with Crippen molar-refractivity contribution in [2.24, 2.45) is 0 Å². The van der Waals surface area contributed by atoms with Gasteiger partial charge in [-0.15, -0.1) is 0 Å². The maximum Gasteiger partial charge on any atom is 0.411 e. The van der Waals surface area contributed by atoms with Crippen LogP contribution in [0.3, 0.4) is 0 Å². The molecule has 0 radical (unpaired) electrons. The zero-order chi connectivity index (χ0) is 28.1. The number of carboxylic acid groups (broad SMARTS) is 1. The molecule has 0 atom stereocenters. The van der Waals surface area contributed by atoms with Crippen LogP contribution in [0.15, 0.2) is 97.1 Å². The number of ether oxygens (including phenoxy) is 2. The van der Waals surface area contributed by atoms with Gasteiger partial charge in [0.05, 0.1) is 18.4 Å². The van der Waals surface area contributed by atoms with E-state index in [0.717, 1.165) is 27.8 Å². The van der Waals surface area contributed by atoms with Crippen molar-refractivity contribution >= 4 is 23.7 Å². The van der Waals surface area contributed by atoms with Gasteiger partial charge in [-0.3, -0.25) is 14.9 Å². The number of amides is 2. The zero-order valence-corrected chi connectivity index (χ0v) is 21.9. The van der Waals surface area contributed by atoms with Crippen molar-refractivity contribution in [1.29, 1.82) is 0 Å². The number of carbonyl (C=O) groups is 3. The first-order valence-electron chi connectivity index (χ1n) is 12.8. The molecule has 0 bridgehead atoms. The fourth-order valence-corrected chi connectivity index (χ4v) is 5.02. The molecule has 4 aromatic carbocycles. The molecule has 0 unspecified atom stereocenters. The third-order valence-corrected chi connectivity index (χ3v) is 6.87. The molecule has 8 nitrogen and oxygen atoms in total. The first-order valence-corrected chi connectivity index (χ1v) is 12.8. The fourth-order valence-electron chi connectivity index (χ4n) is 5.02. The number of nitrogens with zero attached hydrogens (tertiary/aromatic N) is 1. The average molecular weight is 537 g/mol. The molecule has 0 aliphatic heterocycles. The highest BCUT2D eigenvalue weighted by atomic mass is 16.5. The highest BCUT2D eigenvalue weighted by molar-refractivity contribution is 6.03. The van der Waals surface area contributed by atoms with Crippen molar-refractivity contribution in [3.8, 4) is 16.9 Å². The molecule has 5 rings (SSSR count). The Hall–Kier alpha value is -5.11. The van der Waals surface area contributed by atoms with Gasteiger partial charge in [0.15, 0.2) is 0 Å². The molecule has 8 heteroatoms. The summed E-state index contributed by atoms with van der Waals surface area (Å²) in [5.41, 5.74) is 5.44. The Morgan fingerprint density at radius 2 is 1.48 bits per heavy atom. The third kappa shape index (κ3) is 5.66. The van der Waals surface area contributed by atoms with Crippen LogP contribution >= 0.6 is 0 Å². The summed E-state index contributed by atoms with van der Waals surface area (Å²) in [6, 6.07) is 29.8. The standard InChI is InChI=1S/C32H28N2O6/c1-39-22-15-16-27(31(37)34(19-30(35)36)18-21-9-3-2-4-10-21)29(17-22)33-32(38)40-20-28-25-13-7-5-11-23(25)24-12-6-8-14-26(24)28/h2-17,28H,18-20H2,1H3,(H,33,38)(H,35,36). The molecule has 0 spiro atoms. The summed E-state index contributed by atoms with van der Waals surface area (Å²) >= 11 is 0. The summed E-state index contributed by atoms with van der Waals surface area (Å²) in [6.45, 7) is -0.321. The molecule has 0 heterocycles. The third-order valence-electron chi connectivity index (χ3n) is 6.87. The molecular weight excluding hydrogens is 508 g/mol. The molecule has 202 valence electrons. The Morgan fingerprint density at radius 1 is 0.850 bits per heavy atom. The number of nitrogens with one attached hydrogen (secondary N) is 1. The first-order chi connectivity index (χ1) is 19.4. The lowest BCUT2D eigenvalue weighted by atomic mass is 9.98. The van der Waals surface area contributed by atoms with Crippen LogP contribution in [0.2, 0.25) is 0 Å². The summed E-state index contributed by atoms with van der Waals surface area (Å²) in [4.78, 5) is 39.4. The number of carbonyl (C=O) groups excluding carboxylic acids is 2. The number of benzene rings is 4. The highest BCUT2D eigenvalue weighted by Gasteiger charge is 2.29. The van der Waals surface area contributed by atoms with Crippen molar-refractivity contribution < 1.29 is 29.0 Å². The maximum atomic E-state index is 13.6. The van der Waals surface area contributed by atoms with E-state index in [1.54, 1.807) is 6.07 Å². The Kier molecular flexibility index (Phi) is 7.77. The van der Waals surface area contributed by atoms with E-state index in [4.69, 9.17) is 9.47 Å². The van der Waals surface area contributed by atoms with E-state index in [0.29, 0.717) is 5.75 Å². The van der Waals surface area contributed by atoms with Gasteiger partial charge in [-0.2, -0.15) is 0 Å². The van der Waals surface area contributed by atoms with Gasteiger partial charge in [0.2, 0.25) is 0 Å². The fraction of sp³-hybridized carbons (Fsp3) is 0.156. The lowest BCUT2D eigenvalue weighted by Gasteiger charge is -2.23. The van der Waals surface area contributed by atoms with Gasteiger partial charge in [0.1, 0.15) is 18.9 Å². The number of hydrogen-bond donors (Lipinski definition) is 2. The molecule has 4 aromatic rings. The Labute approximate surface area is 231 Å². The summed E-state index contributed by atoms with van der Waals surface area (Å²) in [7, 11) is 1.47. The van der Waals surface area contributed by atoms with Crippen molar-refractivity contribution in [3.05, 3.63) is 119 Å². The van der Waals surface area contributed by atoms with Crippen LogP contribution in [0, 0.1) is 0 Å². The van der Waals surface area contributed by atoms with E-state index >= 15 is 0 Å². The average Bonchev–Trinajstić information content (AvgIpc) is 3.29. The topological polar surface area (TPSA) is 105 Å². The van der Waals surface area contributed by atoms with Crippen LogP contribution in [0.5, 0.6) is 5.75 Å². The van der Waals surface area contributed by atoms with Gasteiger partial charge in [0.25, 0.3) is 5.91 Å². The molecule has 0 saturated heterocycles. The second kappa shape index (κ2) is 11.7. The minimum Gasteiger partial charge on any atom is -0.497 e. The number of fused-ring (bicyclic) bond motifs is 3. The molecule has 0 aromatic heterocycles.